The minimum atomic E-state index is 0.676. The highest BCUT2D eigenvalue weighted by Gasteiger charge is 2.12. The quantitative estimate of drug-likeness (QED) is 0.342. The van der Waals surface area contributed by atoms with Crippen LogP contribution in [0.4, 0.5) is 11.6 Å². The molecule has 0 amide bonds. The Morgan fingerprint density at radius 2 is 1.47 bits per heavy atom. The van der Waals surface area contributed by atoms with Gasteiger partial charge in [-0.05, 0) is 57.4 Å². The van der Waals surface area contributed by atoms with Gasteiger partial charge in [0.15, 0.2) is 0 Å². The first-order valence-electron chi connectivity index (χ1n) is 10.2. The zero-order valence-electron chi connectivity index (χ0n) is 18.3. The SMILES string of the molecule is COc1ccc(CNc2cc3c(Br)cnc(N(C)Cc4ccc(OC)cc4)c3cn2)cc1. The molecule has 0 atom stereocenters. The van der Waals surface area contributed by atoms with Gasteiger partial charge in [-0.15, -0.1) is 0 Å². The topological polar surface area (TPSA) is 59.5 Å². The molecule has 2 heterocycles. The summed E-state index contributed by atoms with van der Waals surface area (Å²) >= 11 is 3.64. The van der Waals surface area contributed by atoms with Crippen LogP contribution in [0.3, 0.4) is 0 Å². The summed E-state index contributed by atoms with van der Waals surface area (Å²) in [6.45, 7) is 1.40. The van der Waals surface area contributed by atoms with E-state index in [2.05, 4.69) is 54.3 Å². The van der Waals surface area contributed by atoms with E-state index in [1.54, 1.807) is 14.2 Å². The third-order valence-electron chi connectivity index (χ3n) is 5.28. The Hall–Kier alpha value is -3.32. The molecule has 1 N–H and O–H groups in total. The molecule has 0 bridgehead atoms. The normalized spacial score (nSPS) is 10.8. The molecule has 0 saturated carbocycles. The van der Waals surface area contributed by atoms with Gasteiger partial charge in [0.05, 0.1) is 14.2 Å². The smallest absolute Gasteiger partial charge is 0.138 e. The van der Waals surface area contributed by atoms with Crippen molar-refractivity contribution in [1.29, 1.82) is 0 Å². The monoisotopic (exact) mass is 492 g/mol. The number of fused-ring (bicyclic) bond motifs is 1. The fraction of sp³-hybridized carbons (Fsp3) is 0.200. The van der Waals surface area contributed by atoms with Gasteiger partial charge < -0.3 is 19.7 Å². The van der Waals surface area contributed by atoms with E-state index in [4.69, 9.17) is 9.47 Å². The number of anilines is 2. The van der Waals surface area contributed by atoms with Crippen molar-refractivity contribution >= 4 is 38.3 Å². The number of ether oxygens (including phenoxy) is 2. The van der Waals surface area contributed by atoms with Gasteiger partial charge >= 0.3 is 0 Å². The van der Waals surface area contributed by atoms with E-state index in [1.165, 1.54) is 5.56 Å². The van der Waals surface area contributed by atoms with E-state index in [0.29, 0.717) is 6.54 Å². The summed E-state index contributed by atoms with van der Waals surface area (Å²) in [7, 11) is 5.38. The molecule has 0 fully saturated rings. The number of nitrogens with zero attached hydrogens (tertiary/aromatic N) is 3. The van der Waals surface area contributed by atoms with Gasteiger partial charge in [0.1, 0.15) is 23.1 Å². The van der Waals surface area contributed by atoms with Crippen LogP contribution in [0, 0.1) is 0 Å². The summed E-state index contributed by atoms with van der Waals surface area (Å²) in [6, 6.07) is 18.1. The van der Waals surface area contributed by atoms with Gasteiger partial charge in [-0.1, -0.05) is 24.3 Å². The Balaban J connectivity index is 1.53. The minimum Gasteiger partial charge on any atom is -0.497 e. The Labute approximate surface area is 196 Å². The van der Waals surface area contributed by atoms with Gasteiger partial charge in [-0.25, -0.2) is 9.97 Å². The number of pyridine rings is 2. The number of hydrogen-bond donors (Lipinski definition) is 1. The van der Waals surface area contributed by atoms with Crippen LogP contribution in [0.5, 0.6) is 11.5 Å². The van der Waals surface area contributed by atoms with E-state index in [-0.39, 0.29) is 0 Å². The molecule has 4 rings (SSSR count). The van der Waals surface area contributed by atoms with Crippen LogP contribution in [0.2, 0.25) is 0 Å². The van der Waals surface area contributed by atoms with Crippen LogP contribution in [-0.2, 0) is 13.1 Å². The van der Waals surface area contributed by atoms with Crippen molar-refractivity contribution < 1.29 is 9.47 Å². The maximum absolute atomic E-state index is 5.25. The lowest BCUT2D eigenvalue weighted by Crippen LogP contribution is -2.18. The number of rotatable bonds is 8. The van der Waals surface area contributed by atoms with Crippen LogP contribution >= 0.6 is 15.9 Å². The first kappa shape index (κ1) is 21.9. The molecule has 2 aromatic heterocycles. The zero-order chi connectivity index (χ0) is 22.5. The van der Waals surface area contributed by atoms with Gasteiger partial charge in [0, 0.05) is 47.8 Å². The Bertz CT molecular complexity index is 1200. The maximum Gasteiger partial charge on any atom is 0.138 e. The van der Waals surface area contributed by atoms with Crippen molar-refractivity contribution in [3.05, 3.63) is 82.6 Å². The van der Waals surface area contributed by atoms with Gasteiger partial charge in [0.2, 0.25) is 0 Å². The van der Waals surface area contributed by atoms with E-state index < -0.39 is 0 Å². The lowest BCUT2D eigenvalue weighted by atomic mass is 10.1. The molecule has 164 valence electrons. The van der Waals surface area contributed by atoms with E-state index >= 15 is 0 Å². The fourth-order valence-corrected chi connectivity index (χ4v) is 3.94. The molecule has 32 heavy (non-hydrogen) atoms. The summed E-state index contributed by atoms with van der Waals surface area (Å²) in [6.07, 6.45) is 3.72. The molecular weight excluding hydrogens is 468 g/mol. The molecular formula is C25H25BrN4O2. The van der Waals surface area contributed by atoms with E-state index in [0.717, 1.165) is 50.5 Å². The van der Waals surface area contributed by atoms with Crippen LogP contribution in [-0.4, -0.2) is 31.2 Å². The van der Waals surface area contributed by atoms with Gasteiger partial charge in [-0.2, -0.15) is 0 Å². The average Bonchev–Trinajstić information content (AvgIpc) is 2.84. The van der Waals surface area contributed by atoms with Crippen LogP contribution in [0.25, 0.3) is 10.8 Å². The molecule has 0 saturated heterocycles. The van der Waals surface area contributed by atoms with E-state index in [1.807, 2.05) is 55.8 Å². The molecule has 7 heteroatoms. The van der Waals surface area contributed by atoms with Crippen molar-refractivity contribution in [2.45, 2.75) is 13.1 Å². The molecule has 0 aliphatic carbocycles. The number of aromatic nitrogens is 2. The van der Waals surface area contributed by atoms with Crippen LogP contribution in [0.15, 0.2) is 71.5 Å². The number of halogens is 1. The maximum atomic E-state index is 5.25. The summed E-state index contributed by atoms with van der Waals surface area (Å²) in [5, 5.41) is 5.45. The summed E-state index contributed by atoms with van der Waals surface area (Å²) < 4.78 is 11.4. The highest BCUT2D eigenvalue weighted by atomic mass is 79.9. The predicted molar refractivity (Wildman–Crippen MR) is 133 cm³/mol. The summed E-state index contributed by atoms with van der Waals surface area (Å²) in [5.41, 5.74) is 2.33. The lowest BCUT2D eigenvalue weighted by Gasteiger charge is -2.21. The number of benzene rings is 2. The second kappa shape index (κ2) is 9.87. The lowest BCUT2D eigenvalue weighted by molar-refractivity contribution is 0.414. The van der Waals surface area contributed by atoms with Crippen LogP contribution in [0.1, 0.15) is 11.1 Å². The number of nitrogens with one attached hydrogen (secondary N) is 1. The number of methoxy groups -OCH3 is 2. The Morgan fingerprint density at radius 1 is 0.844 bits per heavy atom. The minimum absolute atomic E-state index is 0.676. The van der Waals surface area contributed by atoms with Crippen LogP contribution < -0.4 is 19.7 Å². The molecule has 6 nitrogen and oxygen atoms in total. The van der Waals surface area contributed by atoms with Gasteiger partial charge in [-0.3, -0.25) is 0 Å². The van der Waals surface area contributed by atoms with E-state index in [9.17, 15) is 0 Å². The summed E-state index contributed by atoms with van der Waals surface area (Å²) in [4.78, 5) is 11.4. The molecule has 0 aliphatic heterocycles. The standard InChI is InChI=1S/C25H25BrN4O2/c1-30(16-18-6-10-20(32-3)11-7-18)25-22-14-28-24(12-21(22)23(26)15-29-25)27-13-17-4-8-19(31-2)9-5-17/h4-12,14-15H,13,16H2,1-3H3,(H,27,28). The second-order valence-electron chi connectivity index (χ2n) is 7.45. The van der Waals surface area contributed by atoms with Crippen molar-refractivity contribution in [2.75, 3.05) is 31.5 Å². The second-order valence-corrected chi connectivity index (χ2v) is 8.30. The molecule has 2 aromatic carbocycles. The van der Waals surface area contributed by atoms with Crippen molar-refractivity contribution in [3.63, 3.8) is 0 Å². The average molecular weight is 493 g/mol. The zero-order valence-corrected chi connectivity index (χ0v) is 19.9. The Kier molecular flexibility index (Phi) is 6.75. The first-order chi connectivity index (χ1) is 15.6. The third-order valence-corrected chi connectivity index (χ3v) is 5.91. The van der Waals surface area contributed by atoms with Crippen molar-refractivity contribution in [2.24, 2.45) is 0 Å². The Morgan fingerprint density at radius 3 is 2.09 bits per heavy atom. The molecule has 0 aliphatic rings. The predicted octanol–water partition coefficient (Wildman–Crippen LogP) is 5.66. The highest BCUT2D eigenvalue weighted by molar-refractivity contribution is 9.10. The molecule has 0 radical (unpaired) electrons. The first-order valence-corrected chi connectivity index (χ1v) is 11.0. The molecule has 0 spiro atoms. The van der Waals surface area contributed by atoms with Crippen molar-refractivity contribution in [3.8, 4) is 11.5 Å². The largest absolute Gasteiger partial charge is 0.497 e. The third kappa shape index (κ3) is 4.94. The van der Waals surface area contributed by atoms with Gasteiger partial charge in [0.25, 0.3) is 0 Å². The molecule has 0 unspecified atom stereocenters. The van der Waals surface area contributed by atoms with Crippen molar-refractivity contribution in [1.82, 2.24) is 9.97 Å². The molecule has 4 aromatic rings. The fourth-order valence-electron chi connectivity index (χ4n) is 3.50. The number of hydrogen-bond acceptors (Lipinski definition) is 6. The summed E-state index contributed by atoms with van der Waals surface area (Å²) in [5.74, 6) is 3.39. The highest BCUT2D eigenvalue weighted by Crippen LogP contribution is 2.31.